The van der Waals surface area contributed by atoms with Crippen LogP contribution in [0, 0.1) is 0 Å². The number of carbonyl (C=O) groups excluding carboxylic acids is 2. The Bertz CT molecular complexity index is 745. The molecule has 1 aliphatic carbocycles. The van der Waals surface area contributed by atoms with E-state index in [0.29, 0.717) is 5.69 Å². The van der Waals surface area contributed by atoms with E-state index in [4.69, 9.17) is 5.73 Å². The third kappa shape index (κ3) is 3.43. The summed E-state index contributed by atoms with van der Waals surface area (Å²) in [7, 11) is 0. The number of nitrogens with two attached hydrogens (primary N) is 1. The van der Waals surface area contributed by atoms with Crippen molar-refractivity contribution in [1.82, 2.24) is 9.99 Å². The van der Waals surface area contributed by atoms with Crippen LogP contribution in [0.2, 0.25) is 0 Å². The SMILES string of the molecule is CC(N)C(=O)Nn1c(C(=O)NC2CCCCC2)cc2ccccc21. The average molecular weight is 328 g/mol. The molecule has 24 heavy (non-hydrogen) atoms. The van der Waals surface area contributed by atoms with Gasteiger partial charge in [-0.25, -0.2) is 4.68 Å². The molecule has 2 aromatic rings. The van der Waals surface area contributed by atoms with Crippen LogP contribution in [-0.4, -0.2) is 28.6 Å². The molecular formula is C18H24N4O2. The molecule has 0 saturated heterocycles. The van der Waals surface area contributed by atoms with Crippen LogP contribution in [0.5, 0.6) is 0 Å². The van der Waals surface area contributed by atoms with Gasteiger partial charge in [-0.2, -0.15) is 0 Å². The predicted octanol–water partition coefficient (Wildman–Crippen LogP) is 2.12. The first kappa shape index (κ1) is 16.5. The molecular weight excluding hydrogens is 304 g/mol. The van der Waals surface area contributed by atoms with Crippen LogP contribution in [0.3, 0.4) is 0 Å². The van der Waals surface area contributed by atoms with Crippen LogP contribution in [0.1, 0.15) is 49.5 Å². The largest absolute Gasteiger partial charge is 0.348 e. The van der Waals surface area contributed by atoms with Crippen LogP contribution in [-0.2, 0) is 4.79 Å². The lowest BCUT2D eigenvalue weighted by Crippen LogP contribution is -2.41. The second-order valence-corrected chi connectivity index (χ2v) is 6.50. The first-order valence-electron chi connectivity index (χ1n) is 8.54. The van der Waals surface area contributed by atoms with E-state index in [0.717, 1.165) is 36.6 Å². The molecule has 0 bridgehead atoms. The molecule has 128 valence electrons. The number of nitrogens with one attached hydrogen (secondary N) is 2. The van der Waals surface area contributed by atoms with Gasteiger partial charge in [0, 0.05) is 11.4 Å². The monoisotopic (exact) mass is 328 g/mol. The number of fused-ring (bicyclic) bond motifs is 1. The maximum atomic E-state index is 12.7. The van der Waals surface area contributed by atoms with Gasteiger partial charge in [0.05, 0.1) is 11.6 Å². The van der Waals surface area contributed by atoms with Gasteiger partial charge in [-0.3, -0.25) is 15.0 Å². The zero-order valence-corrected chi connectivity index (χ0v) is 13.9. The second kappa shape index (κ2) is 7.05. The molecule has 1 atom stereocenters. The summed E-state index contributed by atoms with van der Waals surface area (Å²) >= 11 is 0. The number of amides is 2. The van der Waals surface area contributed by atoms with Crippen LogP contribution in [0.25, 0.3) is 10.9 Å². The molecule has 2 amide bonds. The normalized spacial score (nSPS) is 16.8. The maximum absolute atomic E-state index is 12.7. The van der Waals surface area contributed by atoms with E-state index in [1.54, 1.807) is 17.7 Å². The molecule has 1 unspecified atom stereocenters. The Labute approximate surface area is 141 Å². The van der Waals surface area contributed by atoms with E-state index < -0.39 is 6.04 Å². The molecule has 1 heterocycles. The molecule has 0 spiro atoms. The van der Waals surface area contributed by atoms with E-state index in [9.17, 15) is 9.59 Å². The van der Waals surface area contributed by atoms with Gasteiger partial charge in [0.2, 0.25) is 0 Å². The van der Waals surface area contributed by atoms with Crippen molar-refractivity contribution in [3.05, 3.63) is 36.0 Å². The van der Waals surface area contributed by atoms with Gasteiger partial charge < -0.3 is 11.1 Å². The smallest absolute Gasteiger partial charge is 0.270 e. The molecule has 1 aromatic carbocycles. The molecule has 4 N–H and O–H groups in total. The van der Waals surface area contributed by atoms with E-state index in [1.165, 1.54) is 6.42 Å². The Morgan fingerprint density at radius 2 is 1.92 bits per heavy atom. The number of hydrogen-bond acceptors (Lipinski definition) is 3. The maximum Gasteiger partial charge on any atom is 0.270 e. The fourth-order valence-electron chi connectivity index (χ4n) is 3.16. The average Bonchev–Trinajstić information content (AvgIpc) is 2.94. The molecule has 0 aliphatic heterocycles. The number of para-hydroxylation sites is 1. The lowest BCUT2D eigenvalue weighted by molar-refractivity contribution is -0.117. The highest BCUT2D eigenvalue weighted by atomic mass is 16.2. The minimum Gasteiger partial charge on any atom is -0.348 e. The van der Waals surface area contributed by atoms with Gasteiger partial charge in [-0.15, -0.1) is 0 Å². The zero-order valence-electron chi connectivity index (χ0n) is 13.9. The van der Waals surface area contributed by atoms with Gasteiger partial charge in [-0.05, 0) is 31.9 Å². The minimum atomic E-state index is -0.652. The van der Waals surface area contributed by atoms with Gasteiger partial charge in [-0.1, -0.05) is 37.5 Å². The number of benzene rings is 1. The first-order valence-corrected chi connectivity index (χ1v) is 8.54. The summed E-state index contributed by atoms with van der Waals surface area (Å²) in [6.45, 7) is 1.61. The van der Waals surface area contributed by atoms with E-state index >= 15 is 0 Å². The van der Waals surface area contributed by atoms with E-state index in [1.807, 2.05) is 24.3 Å². The van der Waals surface area contributed by atoms with Crippen molar-refractivity contribution >= 4 is 22.7 Å². The first-order chi connectivity index (χ1) is 11.6. The van der Waals surface area contributed by atoms with Crippen molar-refractivity contribution in [3.63, 3.8) is 0 Å². The van der Waals surface area contributed by atoms with Gasteiger partial charge in [0.1, 0.15) is 5.69 Å². The number of hydrogen-bond donors (Lipinski definition) is 3. The molecule has 3 rings (SSSR count). The molecule has 6 nitrogen and oxygen atoms in total. The van der Waals surface area contributed by atoms with E-state index in [-0.39, 0.29) is 17.9 Å². The Balaban J connectivity index is 1.90. The fourth-order valence-corrected chi connectivity index (χ4v) is 3.16. The highest BCUT2D eigenvalue weighted by Gasteiger charge is 2.22. The molecule has 6 heteroatoms. The topological polar surface area (TPSA) is 89.2 Å². The summed E-state index contributed by atoms with van der Waals surface area (Å²) in [5.41, 5.74) is 9.59. The third-order valence-electron chi connectivity index (χ3n) is 4.52. The summed E-state index contributed by atoms with van der Waals surface area (Å²) in [4.78, 5) is 24.8. The van der Waals surface area contributed by atoms with Crippen molar-refractivity contribution in [2.45, 2.75) is 51.1 Å². The summed E-state index contributed by atoms with van der Waals surface area (Å²) in [6, 6.07) is 8.93. The predicted molar refractivity (Wildman–Crippen MR) is 94.3 cm³/mol. The summed E-state index contributed by atoms with van der Waals surface area (Å²) < 4.78 is 1.54. The highest BCUT2D eigenvalue weighted by Crippen LogP contribution is 2.21. The van der Waals surface area contributed by atoms with E-state index in [2.05, 4.69) is 10.7 Å². The third-order valence-corrected chi connectivity index (χ3v) is 4.52. The Kier molecular flexibility index (Phi) is 4.85. The molecule has 0 radical (unpaired) electrons. The van der Waals surface area contributed by atoms with Crippen LogP contribution >= 0.6 is 0 Å². The summed E-state index contributed by atoms with van der Waals surface area (Å²) in [5, 5.41) is 4.00. The number of carbonyl (C=O) groups is 2. The van der Waals surface area contributed by atoms with Crippen molar-refractivity contribution in [2.24, 2.45) is 5.73 Å². The standard InChI is InChI=1S/C18H24N4O2/c1-12(19)17(23)21-22-15-10-6-5-7-13(15)11-16(22)18(24)20-14-8-3-2-4-9-14/h5-7,10-12,14H,2-4,8-9,19H2,1H3,(H,20,24)(H,21,23). The lowest BCUT2D eigenvalue weighted by atomic mass is 9.95. The summed E-state index contributed by atoms with van der Waals surface area (Å²) in [5.74, 6) is -0.494. The Morgan fingerprint density at radius 1 is 1.21 bits per heavy atom. The Morgan fingerprint density at radius 3 is 2.62 bits per heavy atom. The van der Waals surface area contributed by atoms with Crippen LogP contribution < -0.4 is 16.5 Å². The molecule has 1 aliphatic rings. The second-order valence-electron chi connectivity index (χ2n) is 6.50. The van der Waals surface area contributed by atoms with Crippen molar-refractivity contribution in [1.29, 1.82) is 0 Å². The molecule has 1 aromatic heterocycles. The van der Waals surface area contributed by atoms with Crippen LogP contribution in [0.15, 0.2) is 30.3 Å². The number of nitrogens with zero attached hydrogens (tertiary/aromatic N) is 1. The number of rotatable bonds is 4. The molecule has 1 fully saturated rings. The molecule has 1 saturated carbocycles. The summed E-state index contributed by atoms with van der Waals surface area (Å²) in [6.07, 6.45) is 5.55. The van der Waals surface area contributed by atoms with Gasteiger partial charge in [0.15, 0.2) is 0 Å². The van der Waals surface area contributed by atoms with Crippen molar-refractivity contribution in [2.75, 3.05) is 5.43 Å². The number of aromatic nitrogens is 1. The van der Waals surface area contributed by atoms with Crippen molar-refractivity contribution < 1.29 is 9.59 Å². The van der Waals surface area contributed by atoms with Crippen LogP contribution in [0.4, 0.5) is 0 Å². The lowest BCUT2D eigenvalue weighted by Gasteiger charge is -2.23. The zero-order chi connectivity index (χ0) is 17.1. The van der Waals surface area contributed by atoms with Crippen molar-refractivity contribution in [3.8, 4) is 0 Å². The highest BCUT2D eigenvalue weighted by molar-refractivity contribution is 6.01. The van der Waals surface area contributed by atoms with Gasteiger partial charge in [0.25, 0.3) is 11.8 Å². The Hall–Kier alpha value is -2.34. The fraction of sp³-hybridized carbons (Fsp3) is 0.444. The minimum absolute atomic E-state index is 0.164. The quantitative estimate of drug-likeness (QED) is 0.803. The van der Waals surface area contributed by atoms with Gasteiger partial charge >= 0.3 is 0 Å².